The van der Waals surface area contributed by atoms with Crippen molar-refractivity contribution in [3.8, 4) is 0 Å². The molecule has 2 aromatic rings. The van der Waals surface area contributed by atoms with Crippen LogP contribution >= 0.6 is 0 Å². The largest absolute Gasteiger partial charge is 0.467 e. The highest BCUT2D eigenvalue weighted by Crippen LogP contribution is 2.19. The van der Waals surface area contributed by atoms with Crippen molar-refractivity contribution >= 4 is 11.7 Å². The molecule has 0 aromatic carbocycles. The molecular weight excluding hydrogens is 361 g/mol. The Hall–Kier alpha value is -2.55. The Morgan fingerprint density at radius 3 is 2.52 bits per heavy atom. The number of halogens is 3. The molecule has 146 valence electrons. The van der Waals surface area contributed by atoms with Gasteiger partial charge in [-0.2, -0.15) is 13.2 Å². The third-order valence-corrected chi connectivity index (χ3v) is 4.35. The maximum atomic E-state index is 12.9. The zero-order chi connectivity index (χ0) is 19.3. The van der Waals surface area contributed by atoms with Gasteiger partial charge in [0.25, 0.3) is 0 Å². The van der Waals surface area contributed by atoms with Gasteiger partial charge in [-0.25, -0.2) is 4.98 Å². The van der Waals surface area contributed by atoms with E-state index >= 15 is 0 Å². The molecule has 0 aliphatic carbocycles. The Morgan fingerprint density at radius 2 is 1.93 bits per heavy atom. The van der Waals surface area contributed by atoms with Gasteiger partial charge in [0.15, 0.2) is 0 Å². The van der Waals surface area contributed by atoms with Gasteiger partial charge < -0.3 is 14.2 Å². The molecule has 0 N–H and O–H groups in total. The average molecular weight is 382 g/mol. The minimum absolute atomic E-state index is 0.0488. The average Bonchev–Trinajstić information content (AvgIpc) is 3.14. The molecule has 0 radical (unpaired) electrons. The van der Waals surface area contributed by atoms with Crippen LogP contribution in [0.5, 0.6) is 0 Å². The number of rotatable bonds is 6. The number of aromatic nitrogens is 1. The maximum Gasteiger partial charge on any atom is 0.406 e. The molecule has 0 bridgehead atoms. The molecule has 1 aliphatic rings. The van der Waals surface area contributed by atoms with Crippen molar-refractivity contribution in [2.75, 3.05) is 44.2 Å². The fourth-order valence-corrected chi connectivity index (χ4v) is 3.01. The fourth-order valence-electron chi connectivity index (χ4n) is 3.01. The summed E-state index contributed by atoms with van der Waals surface area (Å²) < 4.78 is 43.7. The molecule has 9 heteroatoms. The lowest BCUT2D eigenvalue weighted by Gasteiger charge is -2.36. The first-order chi connectivity index (χ1) is 12.9. The van der Waals surface area contributed by atoms with Gasteiger partial charge in [-0.1, -0.05) is 6.07 Å². The van der Waals surface area contributed by atoms with Crippen molar-refractivity contribution in [2.24, 2.45) is 0 Å². The summed E-state index contributed by atoms with van der Waals surface area (Å²) in [5.41, 5.74) is 0. The lowest BCUT2D eigenvalue weighted by atomic mass is 10.3. The smallest absolute Gasteiger partial charge is 0.406 e. The highest BCUT2D eigenvalue weighted by Gasteiger charge is 2.34. The number of amides is 1. The quantitative estimate of drug-likeness (QED) is 0.768. The molecule has 1 fully saturated rings. The number of carbonyl (C=O) groups excluding carboxylic acids is 1. The first-order valence-corrected chi connectivity index (χ1v) is 8.66. The molecule has 0 unspecified atom stereocenters. The Kier molecular flexibility index (Phi) is 6.00. The second-order valence-corrected chi connectivity index (χ2v) is 6.40. The van der Waals surface area contributed by atoms with E-state index in [1.807, 2.05) is 23.1 Å². The highest BCUT2D eigenvalue weighted by molar-refractivity contribution is 5.78. The molecule has 1 aliphatic heterocycles. The van der Waals surface area contributed by atoms with E-state index < -0.39 is 18.6 Å². The van der Waals surface area contributed by atoms with E-state index in [0.29, 0.717) is 31.9 Å². The summed E-state index contributed by atoms with van der Waals surface area (Å²) in [6, 6.07) is 8.80. The third kappa shape index (κ3) is 5.72. The second kappa shape index (κ2) is 8.43. The number of piperazine rings is 1. The highest BCUT2D eigenvalue weighted by atomic mass is 19.4. The van der Waals surface area contributed by atoms with Gasteiger partial charge in [0.05, 0.1) is 19.4 Å². The molecule has 1 amide bonds. The summed E-state index contributed by atoms with van der Waals surface area (Å²) >= 11 is 0. The summed E-state index contributed by atoms with van der Waals surface area (Å²) in [5, 5.41) is 0. The predicted octanol–water partition coefficient (Wildman–Crippen LogP) is 2.39. The monoisotopic (exact) mass is 382 g/mol. The van der Waals surface area contributed by atoms with Crippen LogP contribution in [-0.4, -0.2) is 66.1 Å². The Bertz CT molecular complexity index is 714. The van der Waals surface area contributed by atoms with Crippen LogP contribution in [0.25, 0.3) is 0 Å². The number of alkyl halides is 3. The zero-order valence-corrected chi connectivity index (χ0v) is 14.7. The van der Waals surface area contributed by atoms with Crippen molar-refractivity contribution in [3.63, 3.8) is 0 Å². The number of carbonyl (C=O) groups is 1. The van der Waals surface area contributed by atoms with Crippen molar-refractivity contribution in [1.29, 1.82) is 0 Å². The summed E-state index contributed by atoms with van der Waals surface area (Å²) in [6.45, 7) is 0.974. The second-order valence-electron chi connectivity index (χ2n) is 6.40. The van der Waals surface area contributed by atoms with Crippen LogP contribution in [0, 0.1) is 0 Å². The van der Waals surface area contributed by atoms with Crippen LogP contribution < -0.4 is 4.90 Å². The normalized spacial score (nSPS) is 15.7. The van der Waals surface area contributed by atoms with Crippen molar-refractivity contribution in [1.82, 2.24) is 14.8 Å². The van der Waals surface area contributed by atoms with Gasteiger partial charge in [-0.05, 0) is 24.3 Å². The van der Waals surface area contributed by atoms with Crippen LogP contribution in [0.4, 0.5) is 19.0 Å². The number of hydrogen-bond acceptors (Lipinski definition) is 5. The third-order valence-electron chi connectivity index (χ3n) is 4.35. The Morgan fingerprint density at radius 1 is 1.15 bits per heavy atom. The van der Waals surface area contributed by atoms with Gasteiger partial charge in [-0.3, -0.25) is 9.69 Å². The molecule has 1 saturated heterocycles. The lowest BCUT2D eigenvalue weighted by Crippen LogP contribution is -2.51. The molecule has 3 heterocycles. The van der Waals surface area contributed by atoms with Crippen LogP contribution in [0.3, 0.4) is 0 Å². The van der Waals surface area contributed by atoms with E-state index in [9.17, 15) is 18.0 Å². The van der Waals surface area contributed by atoms with E-state index in [4.69, 9.17) is 4.42 Å². The van der Waals surface area contributed by atoms with E-state index in [1.165, 1.54) is 6.26 Å². The van der Waals surface area contributed by atoms with Gasteiger partial charge in [0.1, 0.15) is 18.1 Å². The number of furan rings is 1. The molecule has 3 rings (SSSR count). The molecule has 6 nitrogen and oxygen atoms in total. The fraction of sp³-hybridized carbons (Fsp3) is 0.444. The first-order valence-electron chi connectivity index (χ1n) is 8.66. The standard InChI is InChI=1S/C18H21F3N4O2/c19-18(20,21)14-25(12-15-4-3-11-27-15)17(26)13-23-7-9-24(10-8-23)16-5-1-2-6-22-16/h1-6,11H,7-10,12-14H2. The number of pyridine rings is 1. The van der Waals surface area contributed by atoms with Crippen molar-refractivity contribution in [2.45, 2.75) is 12.7 Å². The maximum absolute atomic E-state index is 12.9. The van der Waals surface area contributed by atoms with E-state index in [0.717, 1.165) is 10.7 Å². The predicted molar refractivity (Wildman–Crippen MR) is 93.1 cm³/mol. The SMILES string of the molecule is O=C(CN1CCN(c2ccccn2)CC1)N(Cc1ccco1)CC(F)(F)F. The summed E-state index contributed by atoms with van der Waals surface area (Å²) in [7, 11) is 0. The van der Waals surface area contributed by atoms with Crippen LogP contribution in [-0.2, 0) is 11.3 Å². The van der Waals surface area contributed by atoms with Crippen LogP contribution in [0.15, 0.2) is 47.2 Å². The van der Waals surface area contributed by atoms with E-state index in [1.54, 1.807) is 18.3 Å². The van der Waals surface area contributed by atoms with Crippen LogP contribution in [0.2, 0.25) is 0 Å². The minimum Gasteiger partial charge on any atom is -0.467 e. The molecular formula is C18H21F3N4O2. The lowest BCUT2D eigenvalue weighted by molar-refractivity contribution is -0.163. The zero-order valence-electron chi connectivity index (χ0n) is 14.7. The summed E-state index contributed by atoms with van der Waals surface area (Å²) in [5.74, 6) is 0.627. The topological polar surface area (TPSA) is 52.8 Å². The van der Waals surface area contributed by atoms with Crippen molar-refractivity contribution < 1.29 is 22.4 Å². The number of hydrogen-bond donors (Lipinski definition) is 0. The summed E-state index contributed by atoms with van der Waals surface area (Å²) in [4.78, 5) is 21.5. The Balaban J connectivity index is 1.55. The minimum atomic E-state index is -4.46. The van der Waals surface area contributed by atoms with Gasteiger partial charge in [0.2, 0.25) is 5.91 Å². The molecule has 0 atom stereocenters. The number of nitrogens with zero attached hydrogens (tertiary/aromatic N) is 4. The summed E-state index contributed by atoms with van der Waals surface area (Å²) in [6.07, 6.45) is -1.36. The molecule has 0 spiro atoms. The Labute approximate surface area is 155 Å². The van der Waals surface area contributed by atoms with E-state index in [-0.39, 0.29) is 13.1 Å². The first kappa shape index (κ1) is 19.2. The molecule has 27 heavy (non-hydrogen) atoms. The molecule has 0 saturated carbocycles. The van der Waals surface area contributed by atoms with Gasteiger partial charge in [0, 0.05) is 32.4 Å². The van der Waals surface area contributed by atoms with Crippen molar-refractivity contribution in [3.05, 3.63) is 48.6 Å². The number of anilines is 1. The van der Waals surface area contributed by atoms with E-state index in [2.05, 4.69) is 9.88 Å². The molecule has 2 aromatic heterocycles. The van der Waals surface area contributed by atoms with Gasteiger partial charge >= 0.3 is 6.18 Å². The van der Waals surface area contributed by atoms with Gasteiger partial charge in [-0.15, -0.1) is 0 Å². The van der Waals surface area contributed by atoms with Crippen LogP contribution in [0.1, 0.15) is 5.76 Å².